The maximum absolute atomic E-state index is 11.4. The molecular formula is C18H17N3O4. The molecule has 7 heteroatoms. The summed E-state index contributed by atoms with van der Waals surface area (Å²) in [6.07, 6.45) is 2.07. The van der Waals surface area contributed by atoms with Crippen LogP contribution < -0.4 is 9.47 Å². The molecule has 0 atom stereocenters. The monoisotopic (exact) mass is 339 g/mol. The summed E-state index contributed by atoms with van der Waals surface area (Å²) in [6.45, 7) is 0. The van der Waals surface area contributed by atoms with Gasteiger partial charge in [0.15, 0.2) is 11.3 Å². The number of carbonyl (C=O) groups is 1. The van der Waals surface area contributed by atoms with Crippen LogP contribution in [-0.2, 0) is 0 Å². The van der Waals surface area contributed by atoms with Crippen molar-refractivity contribution in [2.24, 2.45) is 0 Å². The zero-order valence-electron chi connectivity index (χ0n) is 13.9. The Bertz CT molecular complexity index is 954. The van der Waals surface area contributed by atoms with Crippen molar-refractivity contribution in [1.29, 1.82) is 0 Å². The largest absolute Gasteiger partial charge is 0.496 e. The number of ether oxygens (including phenoxy) is 2. The van der Waals surface area contributed by atoms with Gasteiger partial charge in [-0.05, 0) is 31.0 Å². The zero-order valence-corrected chi connectivity index (χ0v) is 13.9. The number of hydrogen-bond acceptors (Lipinski definition) is 5. The van der Waals surface area contributed by atoms with Gasteiger partial charge in [0.25, 0.3) is 0 Å². The number of carboxylic acid groups (broad SMARTS) is 1. The molecule has 7 nitrogen and oxygen atoms in total. The van der Waals surface area contributed by atoms with Crippen molar-refractivity contribution in [2.45, 2.75) is 18.8 Å². The number of rotatable bonds is 5. The van der Waals surface area contributed by atoms with Crippen LogP contribution in [0.2, 0.25) is 0 Å². The highest BCUT2D eigenvalue weighted by atomic mass is 16.5. The van der Waals surface area contributed by atoms with Crippen molar-refractivity contribution < 1.29 is 19.4 Å². The number of nitrogens with zero attached hydrogens (tertiary/aromatic N) is 3. The fourth-order valence-corrected chi connectivity index (χ4v) is 3.00. The summed E-state index contributed by atoms with van der Waals surface area (Å²) in [4.78, 5) is 15.6. The Balaban J connectivity index is 1.96. The average molecular weight is 339 g/mol. The molecule has 1 fully saturated rings. The predicted molar refractivity (Wildman–Crippen MR) is 90.5 cm³/mol. The summed E-state index contributed by atoms with van der Waals surface area (Å²) >= 11 is 0. The average Bonchev–Trinajstić information content (AvgIpc) is 3.38. The van der Waals surface area contributed by atoms with Crippen molar-refractivity contribution in [2.75, 3.05) is 14.2 Å². The molecule has 2 heterocycles. The van der Waals surface area contributed by atoms with Gasteiger partial charge in [-0.2, -0.15) is 5.10 Å². The molecule has 2 aromatic heterocycles. The number of hydrogen-bond donors (Lipinski definition) is 1. The van der Waals surface area contributed by atoms with E-state index in [1.807, 2.05) is 18.2 Å². The number of benzene rings is 1. The van der Waals surface area contributed by atoms with E-state index >= 15 is 0 Å². The third-order valence-corrected chi connectivity index (χ3v) is 4.35. The smallest absolute Gasteiger partial charge is 0.354 e. The number of methoxy groups -OCH3 is 2. The minimum atomic E-state index is -1.04. The van der Waals surface area contributed by atoms with E-state index in [0.29, 0.717) is 28.8 Å². The fraction of sp³-hybridized carbons (Fsp3) is 0.278. The number of carboxylic acids is 1. The van der Waals surface area contributed by atoms with Crippen LogP contribution in [0.1, 0.15) is 34.9 Å². The molecule has 1 aliphatic carbocycles. The lowest BCUT2D eigenvalue weighted by Gasteiger charge is -2.10. The van der Waals surface area contributed by atoms with Gasteiger partial charge in [0.1, 0.15) is 17.2 Å². The third-order valence-electron chi connectivity index (χ3n) is 4.35. The Hall–Kier alpha value is -3.09. The molecule has 0 saturated heterocycles. The Morgan fingerprint density at radius 3 is 2.44 bits per heavy atom. The predicted octanol–water partition coefficient (Wildman–Crippen LogP) is 2.99. The summed E-state index contributed by atoms with van der Waals surface area (Å²) in [5.41, 5.74) is 2.77. The van der Waals surface area contributed by atoms with Crippen molar-refractivity contribution in [3.63, 3.8) is 0 Å². The van der Waals surface area contributed by atoms with Crippen molar-refractivity contribution >= 4 is 11.6 Å². The van der Waals surface area contributed by atoms with Gasteiger partial charge in [-0.3, -0.25) is 0 Å². The quantitative estimate of drug-likeness (QED) is 0.769. The van der Waals surface area contributed by atoms with Gasteiger partial charge in [-0.25, -0.2) is 14.3 Å². The van der Waals surface area contributed by atoms with Gasteiger partial charge < -0.3 is 14.6 Å². The second kappa shape index (κ2) is 5.77. The third kappa shape index (κ3) is 2.57. The van der Waals surface area contributed by atoms with Gasteiger partial charge in [0.2, 0.25) is 0 Å². The van der Waals surface area contributed by atoms with E-state index < -0.39 is 5.97 Å². The molecule has 25 heavy (non-hydrogen) atoms. The van der Waals surface area contributed by atoms with Crippen LogP contribution in [0.5, 0.6) is 11.5 Å². The van der Waals surface area contributed by atoms with Gasteiger partial charge in [0.05, 0.1) is 19.8 Å². The lowest BCUT2D eigenvalue weighted by molar-refractivity contribution is 0.0690. The van der Waals surface area contributed by atoms with Crippen LogP contribution in [0.15, 0.2) is 30.3 Å². The molecule has 3 aromatic rings. The minimum Gasteiger partial charge on any atom is -0.496 e. The van der Waals surface area contributed by atoms with Gasteiger partial charge in [-0.1, -0.05) is 6.07 Å². The maximum Gasteiger partial charge on any atom is 0.354 e. The second-order valence-electron chi connectivity index (χ2n) is 5.98. The Kier molecular flexibility index (Phi) is 3.56. The van der Waals surface area contributed by atoms with Gasteiger partial charge in [-0.15, -0.1) is 0 Å². The molecular weight excluding hydrogens is 322 g/mol. The lowest BCUT2D eigenvalue weighted by atomic mass is 10.1. The molecule has 0 aliphatic heterocycles. The first-order chi connectivity index (χ1) is 12.1. The highest BCUT2D eigenvalue weighted by Crippen LogP contribution is 2.42. The van der Waals surface area contributed by atoms with E-state index in [0.717, 1.165) is 24.1 Å². The molecule has 1 aliphatic rings. The van der Waals surface area contributed by atoms with E-state index in [2.05, 4.69) is 10.1 Å². The van der Waals surface area contributed by atoms with Crippen molar-refractivity contribution in [1.82, 2.24) is 14.6 Å². The molecule has 0 bridgehead atoms. The molecule has 1 N–H and O–H groups in total. The summed E-state index contributed by atoms with van der Waals surface area (Å²) in [5, 5.41) is 14.0. The first-order valence-electron chi connectivity index (χ1n) is 7.97. The Morgan fingerprint density at radius 1 is 1.20 bits per heavy atom. The van der Waals surface area contributed by atoms with E-state index in [4.69, 9.17) is 9.47 Å². The molecule has 4 rings (SSSR count). The fourth-order valence-electron chi connectivity index (χ4n) is 3.00. The van der Waals surface area contributed by atoms with Gasteiger partial charge in [0, 0.05) is 17.7 Å². The molecule has 0 spiro atoms. The Morgan fingerprint density at radius 2 is 1.88 bits per heavy atom. The summed E-state index contributed by atoms with van der Waals surface area (Å²) < 4.78 is 12.6. The topological polar surface area (TPSA) is 86.0 Å². The standard InChI is InChI=1S/C18H17N3O4/c1-24-14-4-3-5-15(25-2)17(14)11-9-16-19-12(18(22)23)8-13(10-6-7-10)21(16)20-11/h3-5,8-10H,6-7H2,1-2H3,(H,22,23). The van der Waals surface area contributed by atoms with Gasteiger partial charge >= 0.3 is 5.97 Å². The normalized spacial score (nSPS) is 13.8. The first kappa shape index (κ1) is 15.4. The SMILES string of the molecule is COc1cccc(OC)c1-c1cc2nc(C(=O)O)cc(C3CC3)n2n1. The maximum atomic E-state index is 11.4. The minimum absolute atomic E-state index is 0.0350. The number of aromatic nitrogens is 3. The van der Waals surface area contributed by atoms with Crippen molar-refractivity contribution in [3.05, 3.63) is 41.7 Å². The van der Waals surface area contributed by atoms with E-state index in [1.54, 1.807) is 30.9 Å². The van der Waals surface area contributed by atoms with Crippen LogP contribution in [0, 0.1) is 0 Å². The molecule has 0 unspecified atom stereocenters. The highest BCUT2D eigenvalue weighted by molar-refractivity contribution is 5.86. The zero-order chi connectivity index (χ0) is 17.6. The van der Waals surface area contributed by atoms with E-state index in [1.165, 1.54) is 0 Å². The summed E-state index contributed by atoms with van der Waals surface area (Å²) in [7, 11) is 3.18. The summed E-state index contributed by atoms with van der Waals surface area (Å²) in [5.74, 6) is 0.557. The van der Waals surface area contributed by atoms with Crippen molar-refractivity contribution in [3.8, 4) is 22.8 Å². The second-order valence-corrected chi connectivity index (χ2v) is 5.98. The highest BCUT2D eigenvalue weighted by Gasteiger charge is 2.29. The summed E-state index contributed by atoms with van der Waals surface area (Å²) in [6, 6.07) is 8.88. The molecule has 0 radical (unpaired) electrons. The Labute approximate surface area is 143 Å². The molecule has 0 amide bonds. The lowest BCUT2D eigenvalue weighted by Crippen LogP contribution is -2.07. The van der Waals surface area contributed by atoms with Crippen LogP contribution >= 0.6 is 0 Å². The number of aromatic carboxylic acids is 1. The van der Waals surface area contributed by atoms with Crippen LogP contribution in [0.3, 0.4) is 0 Å². The van der Waals surface area contributed by atoms with E-state index in [9.17, 15) is 9.90 Å². The van der Waals surface area contributed by atoms with Crippen LogP contribution in [0.4, 0.5) is 0 Å². The van der Waals surface area contributed by atoms with Crippen LogP contribution in [0.25, 0.3) is 16.9 Å². The molecule has 1 saturated carbocycles. The first-order valence-corrected chi connectivity index (χ1v) is 7.97. The number of fused-ring (bicyclic) bond motifs is 1. The van der Waals surface area contributed by atoms with Crippen LogP contribution in [-0.4, -0.2) is 39.9 Å². The molecule has 128 valence electrons. The molecule has 1 aromatic carbocycles. The van der Waals surface area contributed by atoms with E-state index in [-0.39, 0.29) is 5.69 Å².